The standard InChI is InChI=1S/C16H13BrClNO2/c1-21-13-6-2-11(3-7-13)4-9-16(20)19-15-8-5-12(17)10-14(15)18/h2-10H,1H3,(H,19,20). The van der Waals surface area contributed by atoms with Gasteiger partial charge in [0.15, 0.2) is 0 Å². The molecular weight excluding hydrogens is 354 g/mol. The molecule has 0 saturated heterocycles. The Bertz CT molecular complexity index is 668. The van der Waals surface area contributed by atoms with Crippen molar-refractivity contribution in [3.63, 3.8) is 0 Å². The Kier molecular flexibility index (Phi) is 5.42. The van der Waals surface area contributed by atoms with Gasteiger partial charge in [-0.15, -0.1) is 0 Å². The van der Waals surface area contributed by atoms with Crippen LogP contribution in [0.2, 0.25) is 5.02 Å². The Balaban J connectivity index is 2.01. The fourth-order valence-electron chi connectivity index (χ4n) is 1.65. The zero-order valence-corrected chi connectivity index (χ0v) is 13.6. The van der Waals surface area contributed by atoms with Crippen LogP contribution in [0, 0.1) is 0 Å². The molecule has 0 spiro atoms. The summed E-state index contributed by atoms with van der Waals surface area (Å²) in [7, 11) is 1.61. The number of nitrogens with one attached hydrogen (secondary N) is 1. The molecule has 0 heterocycles. The largest absolute Gasteiger partial charge is 0.497 e. The van der Waals surface area contributed by atoms with Crippen molar-refractivity contribution in [2.24, 2.45) is 0 Å². The second-order valence-corrected chi connectivity index (χ2v) is 5.54. The van der Waals surface area contributed by atoms with Crippen LogP contribution in [0.15, 0.2) is 53.0 Å². The first-order valence-corrected chi connectivity index (χ1v) is 7.34. The summed E-state index contributed by atoms with van der Waals surface area (Å²) in [6, 6.07) is 12.7. The van der Waals surface area contributed by atoms with Gasteiger partial charge >= 0.3 is 0 Å². The third-order valence-electron chi connectivity index (χ3n) is 2.73. The van der Waals surface area contributed by atoms with Gasteiger partial charge in [0.2, 0.25) is 5.91 Å². The molecule has 0 aliphatic carbocycles. The fourth-order valence-corrected chi connectivity index (χ4v) is 2.37. The van der Waals surface area contributed by atoms with Gasteiger partial charge in [0.1, 0.15) is 5.75 Å². The van der Waals surface area contributed by atoms with Crippen LogP contribution < -0.4 is 10.1 Å². The van der Waals surface area contributed by atoms with Gasteiger partial charge in [-0.2, -0.15) is 0 Å². The van der Waals surface area contributed by atoms with Gasteiger partial charge in [-0.25, -0.2) is 0 Å². The summed E-state index contributed by atoms with van der Waals surface area (Å²) >= 11 is 9.36. The van der Waals surface area contributed by atoms with Crippen LogP contribution in [0.3, 0.4) is 0 Å². The highest BCUT2D eigenvalue weighted by Gasteiger charge is 2.03. The summed E-state index contributed by atoms with van der Waals surface area (Å²) in [6.45, 7) is 0. The first kappa shape index (κ1) is 15.6. The summed E-state index contributed by atoms with van der Waals surface area (Å²) in [5.74, 6) is 0.535. The number of benzene rings is 2. The Morgan fingerprint density at radius 1 is 1.24 bits per heavy atom. The number of rotatable bonds is 4. The third kappa shape index (κ3) is 4.62. The van der Waals surface area contributed by atoms with E-state index in [1.165, 1.54) is 6.08 Å². The molecule has 2 aromatic carbocycles. The molecule has 2 rings (SSSR count). The number of anilines is 1. The van der Waals surface area contributed by atoms with Gasteiger partial charge in [0.25, 0.3) is 0 Å². The number of carbonyl (C=O) groups excluding carboxylic acids is 1. The van der Waals surface area contributed by atoms with Gasteiger partial charge in [0.05, 0.1) is 17.8 Å². The van der Waals surface area contributed by atoms with Gasteiger partial charge in [0, 0.05) is 10.5 Å². The van der Waals surface area contributed by atoms with E-state index in [0.717, 1.165) is 15.8 Å². The minimum atomic E-state index is -0.241. The highest BCUT2D eigenvalue weighted by Crippen LogP contribution is 2.25. The Hall–Kier alpha value is -1.78. The van der Waals surface area contributed by atoms with Crippen LogP contribution in [0.1, 0.15) is 5.56 Å². The number of ether oxygens (including phenoxy) is 1. The third-order valence-corrected chi connectivity index (χ3v) is 3.54. The molecule has 0 fully saturated rings. The zero-order valence-electron chi connectivity index (χ0n) is 11.3. The van der Waals surface area contributed by atoms with Crippen LogP contribution >= 0.6 is 27.5 Å². The maximum Gasteiger partial charge on any atom is 0.248 e. The highest BCUT2D eigenvalue weighted by atomic mass is 79.9. The van der Waals surface area contributed by atoms with Crippen molar-refractivity contribution in [3.8, 4) is 5.75 Å². The van der Waals surface area contributed by atoms with E-state index in [1.807, 2.05) is 30.3 Å². The molecule has 0 aliphatic heterocycles. The quantitative estimate of drug-likeness (QED) is 0.792. The highest BCUT2D eigenvalue weighted by molar-refractivity contribution is 9.10. The summed E-state index contributed by atoms with van der Waals surface area (Å²) in [5.41, 5.74) is 1.48. The van der Waals surface area contributed by atoms with E-state index < -0.39 is 0 Å². The van der Waals surface area contributed by atoms with Crippen LogP contribution in [0.25, 0.3) is 6.08 Å². The van der Waals surface area contributed by atoms with Gasteiger partial charge in [-0.1, -0.05) is 39.7 Å². The van der Waals surface area contributed by atoms with E-state index in [1.54, 1.807) is 25.3 Å². The van der Waals surface area contributed by atoms with E-state index in [4.69, 9.17) is 16.3 Å². The number of amides is 1. The van der Waals surface area contributed by atoms with Crippen LogP contribution in [0.5, 0.6) is 5.75 Å². The Morgan fingerprint density at radius 2 is 1.95 bits per heavy atom. The first-order chi connectivity index (χ1) is 10.1. The molecule has 108 valence electrons. The zero-order chi connectivity index (χ0) is 15.2. The second-order valence-electron chi connectivity index (χ2n) is 4.22. The second kappa shape index (κ2) is 7.29. The summed E-state index contributed by atoms with van der Waals surface area (Å²) in [4.78, 5) is 11.9. The minimum Gasteiger partial charge on any atom is -0.497 e. The average molecular weight is 367 g/mol. The van der Waals surface area contributed by atoms with Gasteiger partial charge < -0.3 is 10.1 Å². The number of methoxy groups -OCH3 is 1. The SMILES string of the molecule is COc1ccc(C=CC(=O)Nc2ccc(Br)cc2Cl)cc1. The van der Waals surface area contributed by atoms with E-state index in [2.05, 4.69) is 21.2 Å². The number of hydrogen-bond donors (Lipinski definition) is 1. The maximum atomic E-state index is 11.9. The van der Waals surface area contributed by atoms with E-state index in [-0.39, 0.29) is 5.91 Å². The van der Waals surface area contributed by atoms with Crippen molar-refractivity contribution in [1.29, 1.82) is 0 Å². The Labute approximate surface area is 136 Å². The maximum absolute atomic E-state index is 11.9. The number of hydrogen-bond acceptors (Lipinski definition) is 2. The predicted octanol–water partition coefficient (Wildman–Crippen LogP) is 4.76. The average Bonchev–Trinajstić information content (AvgIpc) is 2.48. The minimum absolute atomic E-state index is 0.241. The molecule has 2 aromatic rings. The van der Waals surface area contributed by atoms with Crippen LogP contribution in [-0.2, 0) is 4.79 Å². The summed E-state index contributed by atoms with van der Waals surface area (Å²) < 4.78 is 5.94. The summed E-state index contributed by atoms with van der Waals surface area (Å²) in [5, 5.41) is 3.21. The van der Waals surface area contributed by atoms with Crippen LogP contribution in [0.4, 0.5) is 5.69 Å². The van der Waals surface area contributed by atoms with Crippen molar-refractivity contribution in [3.05, 3.63) is 63.6 Å². The molecule has 0 unspecified atom stereocenters. The normalized spacial score (nSPS) is 10.6. The number of carbonyl (C=O) groups is 1. The van der Waals surface area contributed by atoms with Gasteiger partial charge in [-0.05, 0) is 42.0 Å². The van der Waals surface area contributed by atoms with Gasteiger partial charge in [-0.3, -0.25) is 4.79 Å². The topological polar surface area (TPSA) is 38.3 Å². The molecule has 0 bridgehead atoms. The lowest BCUT2D eigenvalue weighted by atomic mass is 10.2. The van der Waals surface area contributed by atoms with E-state index >= 15 is 0 Å². The molecule has 0 aromatic heterocycles. The van der Waals surface area contributed by atoms with E-state index in [9.17, 15) is 4.79 Å². The smallest absolute Gasteiger partial charge is 0.248 e. The summed E-state index contributed by atoms with van der Waals surface area (Å²) in [6.07, 6.45) is 3.18. The molecule has 0 atom stereocenters. The monoisotopic (exact) mass is 365 g/mol. The van der Waals surface area contributed by atoms with Crippen molar-refractivity contribution in [1.82, 2.24) is 0 Å². The molecule has 5 heteroatoms. The fraction of sp³-hybridized carbons (Fsp3) is 0.0625. The molecule has 1 N–H and O–H groups in total. The van der Waals surface area contributed by atoms with Crippen LogP contribution in [-0.4, -0.2) is 13.0 Å². The molecule has 0 aliphatic rings. The molecule has 0 saturated carbocycles. The van der Waals surface area contributed by atoms with E-state index in [0.29, 0.717) is 10.7 Å². The predicted molar refractivity (Wildman–Crippen MR) is 89.8 cm³/mol. The molecular formula is C16H13BrClNO2. The van der Waals surface area contributed by atoms with Crippen molar-refractivity contribution in [2.45, 2.75) is 0 Å². The van der Waals surface area contributed by atoms with Crippen molar-refractivity contribution >= 4 is 45.2 Å². The molecule has 0 radical (unpaired) electrons. The van der Waals surface area contributed by atoms with Crippen molar-refractivity contribution < 1.29 is 9.53 Å². The lowest BCUT2D eigenvalue weighted by molar-refractivity contribution is -0.111. The molecule has 3 nitrogen and oxygen atoms in total. The lowest BCUT2D eigenvalue weighted by Crippen LogP contribution is -2.08. The lowest BCUT2D eigenvalue weighted by Gasteiger charge is -2.05. The Morgan fingerprint density at radius 3 is 2.57 bits per heavy atom. The number of halogens is 2. The first-order valence-electron chi connectivity index (χ1n) is 6.16. The van der Waals surface area contributed by atoms with Crippen molar-refractivity contribution in [2.75, 3.05) is 12.4 Å². The molecule has 21 heavy (non-hydrogen) atoms. The molecule has 1 amide bonds.